The van der Waals surface area contributed by atoms with Gasteiger partial charge in [0.2, 0.25) is 10.0 Å². The summed E-state index contributed by atoms with van der Waals surface area (Å²) < 4.78 is 32.3. The molecule has 0 aliphatic rings. The summed E-state index contributed by atoms with van der Waals surface area (Å²) in [4.78, 5) is 14.2. The Morgan fingerprint density at radius 2 is 1.63 bits per heavy atom. The van der Waals surface area contributed by atoms with Crippen molar-refractivity contribution in [2.75, 3.05) is 38.7 Å². The first-order valence-electron chi connectivity index (χ1n) is 8.61. The van der Waals surface area contributed by atoms with Crippen LogP contribution in [0, 0.1) is 0 Å². The zero-order chi connectivity index (χ0) is 19.9. The smallest absolute Gasteiger partial charge is 0.251 e. The first-order valence-corrected chi connectivity index (χ1v) is 10.1. The Balaban J connectivity index is 1.83. The number of hydrogen-bond acceptors (Lipinski definition) is 5. The number of hydrogen-bond donors (Lipinski definition) is 2. The Morgan fingerprint density at radius 3 is 2.19 bits per heavy atom. The average molecular weight is 391 g/mol. The third kappa shape index (κ3) is 5.97. The summed E-state index contributed by atoms with van der Waals surface area (Å²) in [6, 6.07) is 13.3. The van der Waals surface area contributed by atoms with Crippen LogP contribution in [0.5, 0.6) is 5.75 Å². The van der Waals surface area contributed by atoms with Crippen LogP contribution in [0.3, 0.4) is 0 Å². The van der Waals surface area contributed by atoms with Gasteiger partial charge < -0.3 is 15.0 Å². The van der Waals surface area contributed by atoms with Crippen LogP contribution in [0.15, 0.2) is 53.4 Å². The zero-order valence-corrected chi connectivity index (χ0v) is 16.5. The van der Waals surface area contributed by atoms with Crippen molar-refractivity contribution in [2.24, 2.45) is 0 Å². The number of nitrogens with one attached hydrogen (secondary N) is 2. The van der Waals surface area contributed by atoms with Gasteiger partial charge in [0.15, 0.2) is 0 Å². The monoisotopic (exact) mass is 391 g/mol. The highest BCUT2D eigenvalue weighted by molar-refractivity contribution is 7.89. The predicted octanol–water partition coefficient (Wildman–Crippen LogP) is 1.86. The quantitative estimate of drug-likeness (QED) is 0.637. The van der Waals surface area contributed by atoms with E-state index in [1.807, 2.05) is 38.1 Å². The van der Waals surface area contributed by atoms with Crippen LogP contribution >= 0.6 is 0 Å². The van der Waals surface area contributed by atoms with Crippen molar-refractivity contribution < 1.29 is 17.9 Å². The Kier molecular flexibility index (Phi) is 7.20. The van der Waals surface area contributed by atoms with E-state index in [-0.39, 0.29) is 23.9 Å². The summed E-state index contributed by atoms with van der Waals surface area (Å²) in [5, 5.41) is 2.70. The summed E-state index contributed by atoms with van der Waals surface area (Å²) in [6.45, 7) is 2.65. The molecule has 0 fully saturated rings. The van der Waals surface area contributed by atoms with E-state index in [2.05, 4.69) is 10.0 Å². The molecule has 0 aromatic heterocycles. The third-order valence-corrected chi connectivity index (χ3v) is 5.27. The van der Waals surface area contributed by atoms with Crippen LogP contribution in [-0.2, 0) is 10.0 Å². The highest BCUT2D eigenvalue weighted by Crippen LogP contribution is 2.15. The zero-order valence-electron chi connectivity index (χ0n) is 15.7. The molecule has 2 rings (SSSR count). The molecule has 0 radical (unpaired) electrons. The molecular formula is C19H25N3O4S. The molecule has 0 spiro atoms. The number of carbonyl (C=O) groups excluding carboxylic acids is 1. The van der Waals surface area contributed by atoms with Gasteiger partial charge in [0.1, 0.15) is 5.75 Å². The van der Waals surface area contributed by atoms with Gasteiger partial charge in [-0.3, -0.25) is 4.79 Å². The Bertz CT molecular complexity index is 848. The largest absolute Gasteiger partial charge is 0.494 e. The van der Waals surface area contributed by atoms with Gasteiger partial charge in [-0.05, 0) is 55.5 Å². The summed E-state index contributed by atoms with van der Waals surface area (Å²) in [6.07, 6.45) is 0. The van der Waals surface area contributed by atoms with Gasteiger partial charge >= 0.3 is 0 Å². The van der Waals surface area contributed by atoms with E-state index in [1.165, 1.54) is 12.1 Å². The van der Waals surface area contributed by atoms with Crippen molar-refractivity contribution in [3.05, 3.63) is 54.1 Å². The molecule has 1 amide bonds. The van der Waals surface area contributed by atoms with Gasteiger partial charge in [0.25, 0.3) is 5.91 Å². The number of nitrogens with zero attached hydrogens (tertiary/aromatic N) is 1. The Morgan fingerprint density at radius 1 is 1.00 bits per heavy atom. The molecule has 146 valence electrons. The summed E-state index contributed by atoms with van der Waals surface area (Å²) in [5.41, 5.74) is 1.52. The average Bonchev–Trinajstić information content (AvgIpc) is 2.66. The van der Waals surface area contributed by atoms with Crippen LogP contribution in [0.2, 0.25) is 0 Å². The minimum Gasteiger partial charge on any atom is -0.494 e. The molecule has 0 atom stereocenters. The number of rotatable bonds is 9. The molecule has 7 nitrogen and oxygen atoms in total. The Hall–Kier alpha value is -2.58. The van der Waals surface area contributed by atoms with Gasteiger partial charge in [-0.1, -0.05) is 0 Å². The highest BCUT2D eigenvalue weighted by Gasteiger charge is 2.13. The molecule has 0 aliphatic carbocycles. The number of anilines is 1. The third-order valence-electron chi connectivity index (χ3n) is 3.79. The van der Waals surface area contributed by atoms with Gasteiger partial charge in [-0.15, -0.1) is 0 Å². The molecule has 27 heavy (non-hydrogen) atoms. The lowest BCUT2D eigenvalue weighted by Gasteiger charge is -2.13. The van der Waals surface area contributed by atoms with Crippen molar-refractivity contribution >= 4 is 21.6 Å². The van der Waals surface area contributed by atoms with E-state index in [4.69, 9.17) is 4.74 Å². The summed E-state index contributed by atoms with van der Waals surface area (Å²) in [5.74, 6) is 0.365. The van der Waals surface area contributed by atoms with E-state index < -0.39 is 10.0 Å². The first-order chi connectivity index (χ1) is 12.8. The SMILES string of the molecule is CCOc1ccc(S(=O)(=O)NCCNC(=O)c2ccc(N(C)C)cc2)cc1. The molecule has 0 heterocycles. The highest BCUT2D eigenvalue weighted by atomic mass is 32.2. The van der Waals surface area contributed by atoms with E-state index in [0.29, 0.717) is 17.9 Å². The number of amides is 1. The fourth-order valence-electron chi connectivity index (χ4n) is 2.34. The number of benzene rings is 2. The minimum atomic E-state index is -3.63. The molecule has 0 saturated heterocycles. The van der Waals surface area contributed by atoms with Crippen LogP contribution in [0.1, 0.15) is 17.3 Å². The number of sulfonamides is 1. The van der Waals surface area contributed by atoms with Crippen molar-refractivity contribution in [2.45, 2.75) is 11.8 Å². The molecule has 0 aliphatic heterocycles. The maximum Gasteiger partial charge on any atom is 0.251 e. The summed E-state index contributed by atoms with van der Waals surface area (Å²) in [7, 11) is 0.212. The maximum atomic E-state index is 12.2. The van der Waals surface area contributed by atoms with E-state index in [0.717, 1.165) is 5.69 Å². The minimum absolute atomic E-state index is 0.0943. The van der Waals surface area contributed by atoms with Crippen LogP contribution in [0.25, 0.3) is 0 Å². The number of carbonyl (C=O) groups is 1. The van der Waals surface area contributed by atoms with Crippen molar-refractivity contribution in [3.8, 4) is 5.75 Å². The van der Waals surface area contributed by atoms with Crippen LogP contribution < -0.4 is 19.7 Å². The lowest BCUT2D eigenvalue weighted by molar-refractivity contribution is 0.0954. The second-order valence-electron chi connectivity index (χ2n) is 6.00. The fourth-order valence-corrected chi connectivity index (χ4v) is 3.37. The lowest BCUT2D eigenvalue weighted by atomic mass is 10.2. The Labute approximate surface area is 160 Å². The van der Waals surface area contributed by atoms with Crippen molar-refractivity contribution in [1.82, 2.24) is 10.0 Å². The van der Waals surface area contributed by atoms with Crippen molar-refractivity contribution in [1.29, 1.82) is 0 Å². The topological polar surface area (TPSA) is 87.7 Å². The summed E-state index contributed by atoms with van der Waals surface area (Å²) >= 11 is 0. The second kappa shape index (κ2) is 9.38. The molecule has 2 aromatic rings. The molecule has 0 unspecified atom stereocenters. The van der Waals surface area contributed by atoms with Crippen molar-refractivity contribution in [3.63, 3.8) is 0 Å². The van der Waals surface area contributed by atoms with Crippen LogP contribution in [-0.4, -0.2) is 48.1 Å². The van der Waals surface area contributed by atoms with Gasteiger partial charge in [0, 0.05) is 38.4 Å². The lowest BCUT2D eigenvalue weighted by Crippen LogP contribution is -2.34. The van der Waals surface area contributed by atoms with Crippen LogP contribution in [0.4, 0.5) is 5.69 Å². The molecule has 2 aromatic carbocycles. The van der Waals surface area contributed by atoms with Gasteiger partial charge in [-0.25, -0.2) is 13.1 Å². The molecule has 0 bridgehead atoms. The van der Waals surface area contributed by atoms with E-state index in [1.54, 1.807) is 24.3 Å². The van der Waals surface area contributed by atoms with E-state index in [9.17, 15) is 13.2 Å². The van der Waals surface area contributed by atoms with Gasteiger partial charge in [0.05, 0.1) is 11.5 Å². The normalized spacial score (nSPS) is 11.1. The maximum absolute atomic E-state index is 12.2. The second-order valence-corrected chi connectivity index (χ2v) is 7.77. The molecule has 2 N–H and O–H groups in total. The number of ether oxygens (including phenoxy) is 1. The molecule has 8 heteroatoms. The molecule has 0 saturated carbocycles. The first kappa shape index (κ1) is 20.7. The molecular weight excluding hydrogens is 366 g/mol. The fraction of sp³-hybridized carbons (Fsp3) is 0.316. The predicted molar refractivity (Wildman–Crippen MR) is 106 cm³/mol. The standard InChI is InChI=1S/C19H25N3O4S/c1-4-26-17-9-11-18(12-10-17)27(24,25)21-14-13-20-19(23)15-5-7-16(8-6-15)22(2)3/h5-12,21H,4,13-14H2,1-3H3,(H,20,23). The van der Waals surface area contributed by atoms with E-state index >= 15 is 0 Å². The van der Waals surface area contributed by atoms with Gasteiger partial charge in [-0.2, -0.15) is 0 Å².